The lowest BCUT2D eigenvalue weighted by Crippen LogP contribution is -2.70. The zero-order valence-electron chi connectivity index (χ0n) is 20.0. The largest absolute Gasteiger partial charge is 0.438 e. The molecule has 8 atom stereocenters. The highest BCUT2D eigenvalue weighted by Gasteiger charge is 2.69. The van der Waals surface area contributed by atoms with Crippen molar-refractivity contribution in [3.63, 3.8) is 0 Å². The quantitative estimate of drug-likeness (QED) is 0.418. The van der Waals surface area contributed by atoms with Crippen LogP contribution in [-0.2, 0) is 24.0 Å². The Morgan fingerprint density at radius 3 is 2.48 bits per heavy atom. The first kappa shape index (κ1) is 23.6. The minimum Gasteiger partial charge on any atom is -0.438 e. The number of rotatable bonds is 5. The molecule has 178 valence electrons. The highest BCUT2D eigenvalue weighted by atomic mass is 32.2. The number of fused-ring (bicyclic) bond motifs is 2. The van der Waals surface area contributed by atoms with E-state index < -0.39 is 17.7 Å². The summed E-state index contributed by atoms with van der Waals surface area (Å²) >= 11 is 1.54. The van der Waals surface area contributed by atoms with Crippen LogP contribution in [0.25, 0.3) is 0 Å². The molecule has 1 spiro atoms. The molecule has 0 aromatic rings. The third kappa shape index (κ3) is 4.01. The summed E-state index contributed by atoms with van der Waals surface area (Å²) in [4.78, 5) is 26.4. The molecule has 0 radical (unpaired) electrons. The Labute approximate surface area is 190 Å². The third-order valence-corrected chi connectivity index (χ3v) is 8.96. The van der Waals surface area contributed by atoms with Crippen molar-refractivity contribution < 1.29 is 28.8 Å². The van der Waals surface area contributed by atoms with Gasteiger partial charge < -0.3 is 19.1 Å². The first-order valence-corrected chi connectivity index (χ1v) is 12.9. The summed E-state index contributed by atoms with van der Waals surface area (Å²) in [6.45, 7) is 14.5. The van der Waals surface area contributed by atoms with Gasteiger partial charge in [0.05, 0.1) is 0 Å². The molecule has 5 fully saturated rings. The van der Waals surface area contributed by atoms with Gasteiger partial charge in [-0.3, -0.25) is 0 Å². The SMILES string of the molecule is CC(C)N(C(=O)OCS[C@@H]1O[C@@H]2O[C@]3(C)CC[C@H]4[C@H](C)CC[C@@H]([C@H]1C)[C@@]24OO3)C(C)C. The van der Waals surface area contributed by atoms with Crippen molar-refractivity contribution in [2.24, 2.45) is 23.7 Å². The standard InChI is InChI=1S/C23H39NO6S/c1-13(2)24(14(3)4)21(25)26-12-31-19-16(6)18-9-8-15(5)17-10-11-22(7)28-20(27-19)23(17,18)30-29-22/h13-20H,8-12H2,1-7H3/t15-,16-,17+,18+,19+,20-,22+,23-/m1/s1. The van der Waals surface area contributed by atoms with E-state index in [2.05, 4.69) is 13.8 Å². The predicted octanol–water partition coefficient (Wildman–Crippen LogP) is 5.14. The number of hydrogen-bond donors (Lipinski definition) is 0. The lowest BCUT2D eigenvalue weighted by molar-refractivity contribution is -0.568. The number of nitrogens with zero attached hydrogens (tertiary/aromatic N) is 1. The van der Waals surface area contributed by atoms with Crippen molar-refractivity contribution in [2.45, 2.75) is 109 Å². The van der Waals surface area contributed by atoms with Crippen molar-refractivity contribution in [3.05, 3.63) is 0 Å². The lowest BCUT2D eigenvalue weighted by Gasteiger charge is -2.60. The van der Waals surface area contributed by atoms with Crippen molar-refractivity contribution in [2.75, 3.05) is 5.94 Å². The Balaban J connectivity index is 1.46. The van der Waals surface area contributed by atoms with E-state index in [0.29, 0.717) is 11.8 Å². The fourth-order valence-electron chi connectivity index (χ4n) is 6.31. The maximum atomic E-state index is 12.6. The van der Waals surface area contributed by atoms with Crippen LogP contribution in [-0.4, -0.2) is 52.1 Å². The van der Waals surface area contributed by atoms with E-state index in [9.17, 15) is 4.79 Å². The van der Waals surface area contributed by atoms with Gasteiger partial charge in [0.2, 0.25) is 5.79 Å². The maximum Gasteiger partial charge on any atom is 0.411 e. The van der Waals surface area contributed by atoms with Gasteiger partial charge in [-0.15, -0.1) is 0 Å². The van der Waals surface area contributed by atoms with Gasteiger partial charge in [-0.25, -0.2) is 14.6 Å². The van der Waals surface area contributed by atoms with E-state index in [-0.39, 0.29) is 41.4 Å². The van der Waals surface area contributed by atoms with Gasteiger partial charge in [0, 0.05) is 24.4 Å². The number of carbonyl (C=O) groups is 1. The summed E-state index contributed by atoms with van der Waals surface area (Å²) in [6.07, 6.45) is 3.33. The summed E-state index contributed by atoms with van der Waals surface area (Å²) in [7, 11) is 0. The van der Waals surface area contributed by atoms with Gasteiger partial charge in [-0.05, 0) is 71.6 Å². The molecule has 4 saturated heterocycles. The predicted molar refractivity (Wildman–Crippen MR) is 118 cm³/mol. The van der Waals surface area contributed by atoms with Crippen LogP contribution in [0.15, 0.2) is 0 Å². The van der Waals surface area contributed by atoms with Gasteiger partial charge in [0.15, 0.2) is 11.9 Å². The molecule has 5 aliphatic rings. The number of hydrogen-bond acceptors (Lipinski definition) is 7. The topological polar surface area (TPSA) is 66.5 Å². The molecular formula is C23H39NO6S. The highest BCUT2D eigenvalue weighted by molar-refractivity contribution is 7.99. The molecule has 5 rings (SSSR count). The summed E-state index contributed by atoms with van der Waals surface area (Å²) < 4.78 is 18.5. The third-order valence-electron chi connectivity index (χ3n) is 7.84. The highest BCUT2D eigenvalue weighted by Crippen LogP contribution is 2.61. The molecule has 4 heterocycles. The molecule has 0 N–H and O–H groups in total. The normalized spacial score (nSPS) is 44.2. The van der Waals surface area contributed by atoms with E-state index in [0.717, 1.165) is 19.3 Å². The average molecular weight is 458 g/mol. The van der Waals surface area contributed by atoms with Crippen molar-refractivity contribution in [3.8, 4) is 0 Å². The van der Waals surface area contributed by atoms with Crippen LogP contribution < -0.4 is 0 Å². The molecular weight excluding hydrogens is 418 g/mol. The first-order valence-electron chi connectivity index (χ1n) is 11.9. The molecule has 7 nitrogen and oxygen atoms in total. The second-order valence-electron chi connectivity index (χ2n) is 10.6. The van der Waals surface area contributed by atoms with Gasteiger partial charge in [-0.1, -0.05) is 25.6 Å². The monoisotopic (exact) mass is 457 g/mol. The second-order valence-corrected chi connectivity index (χ2v) is 11.6. The Bertz CT molecular complexity index is 668. The average Bonchev–Trinajstić information content (AvgIpc) is 2.91. The van der Waals surface area contributed by atoms with Crippen LogP contribution in [0.1, 0.15) is 74.1 Å². The molecule has 8 heteroatoms. The molecule has 1 aliphatic carbocycles. The smallest absolute Gasteiger partial charge is 0.411 e. The summed E-state index contributed by atoms with van der Waals surface area (Å²) in [5.41, 5.74) is -0.673. The number of carbonyl (C=O) groups excluding carboxylic acids is 1. The lowest BCUT2D eigenvalue weighted by atomic mass is 9.58. The Morgan fingerprint density at radius 2 is 1.81 bits per heavy atom. The molecule has 0 unspecified atom stereocenters. The zero-order valence-corrected chi connectivity index (χ0v) is 20.8. The number of ether oxygens (including phenoxy) is 3. The zero-order chi connectivity index (χ0) is 22.6. The van der Waals surface area contributed by atoms with Crippen LogP contribution in [0.5, 0.6) is 0 Å². The minimum absolute atomic E-state index is 0.0937. The van der Waals surface area contributed by atoms with Gasteiger partial charge in [-0.2, -0.15) is 0 Å². The van der Waals surface area contributed by atoms with Crippen LogP contribution in [0, 0.1) is 23.7 Å². The first-order chi connectivity index (χ1) is 14.6. The van der Waals surface area contributed by atoms with Crippen molar-refractivity contribution >= 4 is 17.9 Å². The van der Waals surface area contributed by atoms with Crippen molar-refractivity contribution in [1.82, 2.24) is 4.90 Å². The van der Waals surface area contributed by atoms with E-state index in [1.807, 2.05) is 34.6 Å². The molecule has 1 saturated carbocycles. The van der Waals surface area contributed by atoms with Gasteiger partial charge in [0.1, 0.15) is 11.4 Å². The second kappa shape index (κ2) is 8.67. The fourth-order valence-corrected chi connectivity index (χ4v) is 7.28. The maximum absolute atomic E-state index is 12.6. The fraction of sp³-hybridized carbons (Fsp3) is 0.957. The Kier molecular flexibility index (Phi) is 6.60. The van der Waals surface area contributed by atoms with E-state index in [4.69, 9.17) is 24.0 Å². The molecule has 31 heavy (non-hydrogen) atoms. The summed E-state index contributed by atoms with van der Waals surface area (Å²) in [5.74, 6) is 0.907. The van der Waals surface area contributed by atoms with Gasteiger partial charge >= 0.3 is 6.09 Å². The van der Waals surface area contributed by atoms with Crippen LogP contribution in [0.2, 0.25) is 0 Å². The van der Waals surface area contributed by atoms with E-state index >= 15 is 0 Å². The molecule has 0 aromatic heterocycles. The summed E-state index contributed by atoms with van der Waals surface area (Å²) in [5, 5.41) is 0. The number of thioether (sulfide) groups is 1. The van der Waals surface area contributed by atoms with Gasteiger partial charge in [0.25, 0.3) is 0 Å². The van der Waals surface area contributed by atoms with Crippen LogP contribution >= 0.6 is 11.8 Å². The Morgan fingerprint density at radius 1 is 1.10 bits per heavy atom. The van der Waals surface area contributed by atoms with Crippen LogP contribution in [0.4, 0.5) is 4.79 Å². The molecule has 2 bridgehead atoms. The van der Waals surface area contributed by atoms with Crippen LogP contribution in [0.3, 0.4) is 0 Å². The van der Waals surface area contributed by atoms with E-state index in [1.165, 1.54) is 18.2 Å². The molecule has 0 aromatic carbocycles. The Hall–Kier alpha value is -0.540. The molecule has 4 aliphatic heterocycles. The molecule has 1 amide bonds. The van der Waals surface area contributed by atoms with Crippen molar-refractivity contribution in [1.29, 1.82) is 0 Å². The van der Waals surface area contributed by atoms with E-state index in [1.54, 1.807) is 4.90 Å². The number of amides is 1. The summed E-state index contributed by atoms with van der Waals surface area (Å²) in [6, 6.07) is 0.187. The minimum atomic E-state index is -0.769.